The minimum absolute atomic E-state index is 0.311. The van der Waals surface area contributed by atoms with Crippen molar-refractivity contribution in [1.82, 2.24) is 0 Å². The predicted molar refractivity (Wildman–Crippen MR) is 82.6 cm³/mol. The molecule has 0 saturated heterocycles. The van der Waals surface area contributed by atoms with Crippen molar-refractivity contribution in [3.8, 4) is 0 Å². The molecule has 0 heterocycles. The summed E-state index contributed by atoms with van der Waals surface area (Å²) < 4.78 is 14.1. The lowest BCUT2D eigenvalue weighted by atomic mass is 10.1. The molecule has 2 aromatic rings. The number of anilines is 1. The predicted octanol–water partition coefficient (Wildman–Crippen LogP) is 5.00. The maximum absolute atomic E-state index is 12.9. The van der Waals surface area contributed by atoms with E-state index in [1.54, 1.807) is 6.07 Å². The van der Waals surface area contributed by atoms with Gasteiger partial charge >= 0.3 is 0 Å². The number of benzene rings is 2. The largest absolute Gasteiger partial charge is 0.381 e. The highest BCUT2D eigenvalue weighted by atomic mass is 127. The van der Waals surface area contributed by atoms with Gasteiger partial charge in [0.15, 0.2) is 0 Å². The van der Waals surface area contributed by atoms with Crippen LogP contribution in [-0.4, -0.2) is 0 Å². The van der Waals surface area contributed by atoms with Gasteiger partial charge in [0.05, 0.1) is 0 Å². The maximum Gasteiger partial charge on any atom is 0.124 e. The van der Waals surface area contributed by atoms with E-state index >= 15 is 0 Å². The Labute approximate surface area is 124 Å². The van der Waals surface area contributed by atoms with Crippen molar-refractivity contribution < 1.29 is 4.39 Å². The molecule has 0 aliphatic carbocycles. The van der Waals surface area contributed by atoms with E-state index in [2.05, 4.69) is 40.9 Å². The number of aryl methyl sites for hydroxylation is 1. The van der Waals surface area contributed by atoms with Gasteiger partial charge in [-0.2, -0.15) is 0 Å². The minimum atomic E-state index is -0.311. The number of rotatable bonds is 3. The summed E-state index contributed by atoms with van der Waals surface area (Å²) >= 11 is 8.26. The SMILES string of the molecule is Cc1cc(I)ccc1NCc1ccc(F)cc1Cl. The van der Waals surface area contributed by atoms with E-state index in [4.69, 9.17) is 11.6 Å². The average molecular weight is 376 g/mol. The number of hydrogen-bond donors (Lipinski definition) is 1. The minimum Gasteiger partial charge on any atom is -0.381 e. The highest BCUT2D eigenvalue weighted by Gasteiger charge is 2.03. The van der Waals surface area contributed by atoms with E-state index in [1.165, 1.54) is 21.3 Å². The zero-order valence-electron chi connectivity index (χ0n) is 9.81. The second-order valence-electron chi connectivity index (χ2n) is 4.05. The van der Waals surface area contributed by atoms with E-state index in [9.17, 15) is 4.39 Å². The molecule has 0 aliphatic heterocycles. The molecule has 0 atom stereocenters. The van der Waals surface area contributed by atoms with E-state index in [1.807, 2.05) is 12.1 Å². The molecule has 4 heteroatoms. The standard InChI is InChI=1S/C14H12ClFIN/c1-9-6-12(17)4-5-14(9)18-8-10-2-3-11(16)7-13(10)15/h2-7,18H,8H2,1H3. The fraction of sp³-hybridized carbons (Fsp3) is 0.143. The van der Waals surface area contributed by atoms with Crippen LogP contribution in [0.25, 0.3) is 0 Å². The van der Waals surface area contributed by atoms with Crippen LogP contribution in [0.5, 0.6) is 0 Å². The first kappa shape index (κ1) is 13.6. The molecule has 1 N–H and O–H groups in total. The third kappa shape index (κ3) is 3.36. The normalized spacial score (nSPS) is 10.4. The third-order valence-electron chi connectivity index (χ3n) is 2.67. The Kier molecular flexibility index (Phi) is 4.45. The van der Waals surface area contributed by atoms with Crippen molar-refractivity contribution in [1.29, 1.82) is 0 Å². The van der Waals surface area contributed by atoms with Crippen LogP contribution in [0, 0.1) is 16.3 Å². The monoisotopic (exact) mass is 375 g/mol. The molecule has 0 spiro atoms. The van der Waals surface area contributed by atoms with Crippen molar-refractivity contribution in [3.05, 3.63) is 61.9 Å². The summed E-state index contributed by atoms with van der Waals surface area (Å²) in [5.74, 6) is -0.311. The Morgan fingerprint density at radius 3 is 2.67 bits per heavy atom. The molecular weight excluding hydrogens is 364 g/mol. The van der Waals surface area contributed by atoms with Gasteiger partial charge in [0, 0.05) is 20.8 Å². The van der Waals surface area contributed by atoms with Gasteiger partial charge in [0.1, 0.15) is 5.82 Å². The third-order valence-corrected chi connectivity index (χ3v) is 3.70. The molecule has 18 heavy (non-hydrogen) atoms. The van der Waals surface area contributed by atoms with Crippen LogP contribution in [0.2, 0.25) is 5.02 Å². The highest BCUT2D eigenvalue weighted by molar-refractivity contribution is 14.1. The Morgan fingerprint density at radius 1 is 1.22 bits per heavy atom. The van der Waals surface area contributed by atoms with Crippen LogP contribution in [0.1, 0.15) is 11.1 Å². The van der Waals surface area contributed by atoms with Gasteiger partial charge in [-0.15, -0.1) is 0 Å². The molecule has 0 aliphatic rings. The van der Waals surface area contributed by atoms with Crippen molar-refractivity contribution >= 4 is 39.9 Å². The second-order valence-corrected chi connectivity index (χ2v) is 5.70. The Hall–Kier alpha value is -0.810. The van der Waals surface area contributed by atoms with Gasteiger partial charge in [-0.25, -0.2) is 4.39 Å². The molecule has 0 bridgehead atoms. The van der Waals surface area contributed by atoms with Gasteiger partial charge in [0.2, 0.25) is 0 Å². The fourth-order valence-corrected chi connectivity index (χ4v) is 2.56. The smallest absolute Gasteiger partial charge is 0.124 e. The van der Waals surface area contributed by atoms with E-state index in [-0.39, 0.29) is 5.82 Å². The molecule has 0 unspecified atom stereocenters. The van der Waals surface area contributed by atoms with Gasteiger partial charge in [-0.1, -0.05) is 17.7 Å². The molecule has 1 nitrogen and oxygen atoms in total. The van der Waals surface area contributed by atoms with Crippen LogP contribution in [0.3, 0.4) is 0 Å². The molecule has 0 saturated carbocycles. The van der Waals surface area contributed by atoms with Crippen LogP contribution in [-0.2, 0) is 6.54 Å². The van der Waals surface area contributed by atoms with Gasteiger partial charge < -0.3 is 5.32 Å². The van der Waals surface area contributed by atoms with Crippen molar-refractivity contribution in [3.63, 3.8) is 0 Å². The second kappa shape index (κ2) is 5.89. The summed E-state index contributed by atoms with van der Waals surface area (Å²) in [5.41, 5.74) is 3.13. The zero-order valence-corrected chi connectivity index (χ0v) is 12.7. The number of hydrogen-bond acceptors (Lipinski definition) is 1. The molecule has 2 aromatic carbocycles. The van der Waals surface area contributed by atoms with Crippen LogP contribution in [0.15, 0.2) is 36.4 Å². The van der Waals surface area contributed by atoms with Crippen LogP contribution >= 0.6 is 34.2 Å². The molecule has 0 fully saturated rings. The lowest BCUT2D eigenvalue weighted by molar-refractivity contribution is 0.627. The van der Waals surface area contributed by atoms with Gasteiger partial charge in [-0.05, 0) is 71.0 Å². The lowest BCUT2D eigenvalue weighted by Crippen LogP contribution is -2.02. The molecular formula is C14H12ClFIN. The van der Waals surface area contributed by atoms with E-state index in [0.29, 0.717) is 11.6 Å². The first-order valence-electron chi connectivity index (χ1n) is 5.50. The summed E-state index contributed by atoms with van der Waals surface area (Å²) in [6.07, 6.45) is 0. The van der Waals surface area contributed by atoms with Crippen LogP contribution < -0.4 is 5.32 Å². The molecule has 0 amide bonds. The first-order valence-corrected chi connectivity index (χ1v) is 6.96. The topological polar surface area (TPSA) is 12.0 Å². The summed E-state index contributed by atoms with van der Waals surface area (Å²) in [6, 6.07) is 10.6. The summed E-state index contributed by atoms with van der Waals surface area (Å²) in [7, 11) is 0. The first-order chi connectivity index (χ1) is 8.56. The Balaban J connectivity index is 2.11. The summed E-state index contributed by atoms with van der Waals surface area (Å²) in [6.45, 7) is 2.64. The summed E-state index contributed by atoms with van der Waals surface area (Å²) in [4.78, 5) is 0. The number of halogens is 3. The fourth-order valence-electron chi connectivity index (χ4n) is 1.68. The molecule has 2 rings (SSSR count). The molecule has 94 valence electrons. The Bertz CT molecular complexity index is 520. The van der Waals surface area contributed by atoms with E-state index in [0.717, 1.165) is 11.3 Å². The van der Waals surface area contributed by atoms with Gasteiger partial charge in [0.25, 0.3) is 0 Å². The Morgan fingerprint density at radius 2 is 2.00 bits per heavy atom. The van der Waals surface area contributed by atoms with Crippen molar-refractivity contribution in [2.45, 2.75) is 13.5 Å². The maximum atomic E-state index is 12.9. The van der Waals surface area contributed by atoms with Crippen molar-refractivity contribution in [2.75, 3.05) is 5.32 Å². The zero-order chi connectivity index (χ0) is 13.1. The number of nitrogens with one attached hydrogen (secondary N) is 1. The highest BCUT2D eigenvalue weighted by Crippen LogP contribution is 2.21. The molecule has 0 radical (unpaired) electrons. The summed E-state index contributed by atoms with van der Waals surface area (Å²) in [5, 5.41) is 3.76. The van der Waals surface area contributed by atoms with E-state index < -0.39 is 0 Å². The van der Waals surface area contributed by atoms with Crippen LogP contribution in [0.4, 0.5) is 10.1 Å². The average Bonchev–Trinajstić information content (AvgIpc) is 2.30. The van der Waals surface area contributed by atoms with Crippen molar-refractivity contribution in [2.24, 2.45) is 0 Å². The lowest BCUT2D eigenvalue weighted by Gasteiger charge is -2.11. The quantitative estimate of drug-likeness (QED) is 0.744. The molecule has 0 aromatic heterocycles. The van der Waals surface area contributed by atoms with Gasteiger partial charge in [-0.3, -0.25) is 0 Å².